The molecule has 0 saturated carbocycles. The van der Waals surface area contributed by atoms with Crippen LogP contribution in [0.25, 0.3) is 0 Å². The Balaban J connectivity index is 2.71. The highest BCUT2D eigenvalue weighted by Gasteiger charge is 2.08. The summed E-state index contributed by atoms with van der Waals surface area (Å²) in [6.07, 6.45) is -0.840. The third kappa shape index (κ3) is 3.28. The third-order valence-electron chi connectivity index (χ3n) is 1.67. The summed E-state index contributed by atoms with van der Waals surface area (Å²) < 4.78 is 13.3. The predicted octanol–water partition coefficient (Wildman–Crippen LogP) is 3.36. The molecule has 1 aromatic rings. The molecular formula is C10H10BrFO. The average Bonchev–Trinajstić information content (AvgIpc) is 2.04. The molecule has 0 aliphatic heterocycles. The third-order valence-corrected chi connectivity index (χ3v) is 2.20. The lowest BCUT2D eigenvalue weighted by Gasteiger charge is -2.08. The molecule has 1 rings (SSSR count). The summed E-state index contributed by atoms with van der Waals surface area (Å²) >= 11 is 3.27. The van der Waals surface area contributed by atoms with Crippen molar-refractivity contribution in [2.75, 3.05) is 0 Å². The fraction of sp³-hybridized carbons (Fsp3) is 0.200. The standard InChI is InChI=1S/C10H10BrFO/c1-7(12)6-10(13)8-2-4-9(11)5-3-8/h2-5,10,13H,1,6H2/t10-/m1/s1. The van der Waals surface area contributed by atoms with Crippen LogP contribution < -0.4 is 0 Å². The van der Waals surface area contributed by atoms with Gasteiger partial charge in [0.15, 0.2) is 0 Å². The largest absolute Gasteiger partial charge is 0.388 e. The molecule has 13 heavy (non-hydrogen) atoms. The Labute approximate surface area is 85.0 Å². The first-order valence-electron chi connectivity index (χ1n) is 3.86. The van der Waals surface area contributed by atoms with Crippen molar-refractivity contribution in [1.29, 1.82) is 0 Å². The highest BCUT2D eigenvalue weighted by molar-refractivity contribution is 9.10. The van der Waals surface area contributed by atoms with Gasteiger partial charge < -0.3 is 5.11 Å². The normalized spacial score (nSPS) is 12.5. The summed E-state index contributed by atoms with van der Waals surface area (Å²) in [5.74, 6) is -0.504. The smallest absolute Gasteiger partial charge is 0.0957 e. The van der Waals surface area contributed by atoms with Gasteiger partial charge in [-0.15, -0.1) is 0 Å². The maximum absolute atomic E-state index is 12.4. The van der Waals surface area contributed by atoms with E-state index < -0.39 is 11.9 Å². The number of hydrogen-bond acceptors (Lipinski definition) is 1. The van der Waals surface area contributed by atoms with Gasteiger partial charge in [-0.3, -0.25) is 0 Å². The van der Waals surface area contributed by atoms with Crippen LogP contribution in [0.15, 0.2) is 41.1 Å². The quantitative estimate of drug-likeness (QED) is 0.865. The van der Waals surface area contributed by atoms with E-state index in [2.05, 4.69) is 22.5 Å². The predicted molar refractivity (Wildman–Crippen MR) is 54.0 cm³/mol. The van der Waals surface area contributed by atoms with Gasteiger partial charge in [0.25, 0.3) is 0 Å². The topological polar surface area (TPSA) is 20.2 Å². The molecule has 0 spiro atoms. The lowest BCUT2D eigenvalue weighted by atomic mass is 10.1. The van der Waals surface area contributed by atoms with Crippen molar-refractivity contribution in [3.63, 3.8) is 0 Å². The highest BCUT2D eigenvalue weighted by Crippen LogP contribution is 2.22. The molecule has 0 radical (unpaired) electrons. The van der Waals surface area contributed by atoms with Crippen molar-refractivity contribution >= 4 is 15.9 Å². The van der Waals surface area contributed by atoms with Crippen molar-refractivity contribution in [2.45, 2.75) is 12.5 Å². The van der Waals surface area contributed by atoms with Gasteiger partial charge in [-0.25, -0.2) is 4.39 Å². The summed E-state index contributed by atoms with van der Waals surface area (Å²) in [5, 5.41) is 9.47. The van der Waals surface area contributed by atoms with Gasteiger partial charge in [0.1, 0.15) is 0 Å². The molecule has 1 nitrogen and oxygen atoms in total. The molecule has 0 bridgehead atoms. The number of rotatable bonds is 3. The Kier molecular flexibility index (Phi) is 3.63. The van der Waals surface area contributed by atoms with Crippen LogP contribution in [0.4, 0.5) is 4.39 Å². The minimum absolute atomic E-state index is 0.0400. The van der Waals surface area contributed by atoms with Gasteiger partial charge in [0.05, 0.1) is 11.9 Å². The molecule has 0 aromatic heterocycles. The van der Waals surface area contributed by atoms with E-state index in [-0.39, 0.29) is 6.42 Å². The number of aliphatic hydroxyl groups excluding tert-OH is 1. The molecular weight excluding hydrogens is 235 g/mol. The minimum Gasteiger partial charge on any atom is -0.388 e. The first-order chi connectivity index (χ1) is 6.09. The van der Waals surface area contributed by atoms with Crippen LogP contribution in [-0.2, 0) is 0 Å². The number of aliphatic hydroxyl groups is 1. The van der Waals surface area contributed by atoms with Crippen LogP contribution >= 0.6 is 15.9 Å². The van der Waals surface area contributed by atoms with Gasteiger partial charge in [-0.2, -0.15) is 0 Å². The Bertz CT molecular complexity index is 294. The molecule has 0 aliphatic carbocycles. The van der Waals surface area contributed by atoms with E-state index in [1.165, 1.54) is 0 Å². The van der Waals surface area contributed by atoms with E-state index >= 15 is 0 Å². The first-order valence-corrected chi connectivity index (χ1v) is 4.65. The van der Waals surface area contributed by atoms with E-state index in [1.54, 1.807) is 24.3 Å². The van der Waals surface area contributed by atoms with E-state index in [1.807, 2.05) is 0 Å². The lowest BCUT2D eigenvalue weighted by Crippen LogP contribution is -1.96. The Morgan fingerprint density at radius 2 is 2.00 bits per heavy atom. The van der Waals surface area contributed by atoms with Gasteiger partial charge >= 0.3 is 0 Å². The van der Waals surface area contributed by atoms with E-state index in [9.17, 15) is 9.50 Å². The highest BCUT2D eigenvalue weighted by atomic mass is 79.9. The zero-order valence-electron chi connectivity index (χ0n) is 7.00. The van der Waals surface area contributed by atoms with Gasteiger partial charge in [0.2, 0.25) is 0 Å². The van der Waals surface area contributed by atoms with Crippen LogP contribution in [0.1, 0.15) is 18.1 Å². The molecule has 0 amide bonds. The molecule has 1 aromatic carbocycles. The second kappa shape index (κ2) is 4.53. The summed E-state index contributed by atoms with van der Waals surface area (Å²) in [6.45, 7) is 3.10. The van der Waals surface area contributed by atoms with E-state index in [0.717, 1.165) is 4.47 Å². The van der Waals surface area contributed by atoms with Crippen molar-refractivity contribution in [3.8, 4) is 0 Å². The van der Waals surface area contributed by atoms with Crippen LogP contribution in [0.3, 0.4) is 0 Å². The SMILES string of the molecule is C=C(F)C[C@@H](O)c1ccc(Br)cc1. The summed E-state index contributed by atoms with van der Waals surface area (Å²) in [6, 6.07) is 7.11. The van der Waals surface area contributed by atoms with Crippen LogP contribution in [0.5, 0.6) is 0 Å². The fourth-order valence-electron chi connectivity index (χ4n) is 1.01. The monoisotopic (exact) mass is 244 g/mol. The molecule has 70 valence electrons. The molecule has 3 heteroatoms. The van der Waals surface area contributed by atoms with Crippen LogP contribution in [0.2, 0.25) is 0 Å². The molecule has 1 atom stereocenters. The maximum atomic E-state index is 12.4. The lowest BCUT2D eigenvalue weighted by molar-refractivity contribution is 0.171. The van der Waals surface area contributed by atoms with Crippen molar-refractivity contribution in [1.82, 2.24) is 0 Å². The van der Waals surface area contributed by atoms with Crippen molar-refractivity contribution in [3.05, 3.63) is 46.7 Å². The van der Waals surface area contributed by atoms with Gasteiger partial charge in [-0.05, 0) is 17.7 Å². The zero-order valence-corrected chi connectivity index (χ0v) is 8.59. The van der Waals surface area contributed by atoms with Crippen LogP contribution in [-0.4, -0.2) is 5.11 Å². The summed E-state index contributed by atoms with van der Waals surface area (Å²) in [7, 11) is 0. The number of hydrogen-bond donors (Lipinski definition) is 1. The van der Waals surface area contributed by atoms with E-state index in [4.69, 9.17) is 0 Å². The average molecular weight is 245 g/mol. The Hall–Kier alpha value is -0.670. The maximum Gasteiger partial charge on any atom is 0.0957 e. The molecule has 0 heterocycles. The Morgan fingerprint density at radius 3 is 2.46 bits per heavy atom. The second-order valence-electron chi connectivity index (χ2n) is 2.79. The molecule has 0 fully saturated rings. The van der Waals surface area contributed by atoms with Crippen molar-refractivity contribution < 1.29 is 9.50 Å². The number of benzene rings is 1. The van der Waals surface area contributed by atoms with E-state index in [0.29, 0.717) is 5.56 Å². The molecule has 0 saturated heterocycles. The summed E-state index contributed by atoms with van der Waals surface area (Å²) in [4.78, 5) is 0. The zero-order chi connectivity index (χ0) is 9.84. The van der Waals surface area contributed by atoms with Gasteiger partial charge in [0, 0.05) is 10.9 Å². The minimum atomic E-state index is -0.800. The van der Waals surface area contributed by atoms with Crippen LogP contribution in [0, 0.1) is 0 Å². The second-order valence-corrected chi connectivity index (χ2v) is 3.70. The first kappa shape index (κ1) is 10.4. The molecule has 0 unspecified atom stereocenters. The molecule has 0 aliphatic rings. The Morgan fingerprint density at radius 1 is 1.46 bits per heavy atom. The van der Waals surface area contributed by atoms with Crippen molar-refractivity contribution in [2.24, 2.45) is 0 Å². The summed E-state index contributed by atoms with van der Waals surface area (Å²) in [5.41, 5.74) is 0.696. The van der Waals surface area contributed by atoms with Gasteiger partial charge in [-0.1, -0.05) is 34.6 Å². The molecule has 1 N–H and O–H groups in total. The fourth-order valence-corrected chi connectivity index (χ4v) is 1.28. The number of halogens is 2.